The zero-order valence-corrected chi connectivity index (χ0v) is 15.7. The number of hydrogen-bond donors (Lipinski definition) is 0. The van der Waals surface area contributed by atoms with E-state index >= 15 is 0 Å². The maximum Gasteiger partial charge on any atom is 0.319 e. The fourth-order valence-corrected chi connectivity index (χ4v) is 3.92. The van der Waals surface area contributed by atoms with Crippen molar-refractivity contribution in [2.45, 2.75) is 13.8 Å². The van der Waals surface area contributed by atoms with E-state index in [2.05, 4.69) is 0 Å². The summed E-state index contributed by atoms with van der Waals surface area (Å²) >= 11 is 6.44. The smallest absolute Gasteiger partial charge is 0.319 e. The van der Waals surface area contributed by atoms with Gasteiger partial charge < -0.3 is 4.74 Å². The van der Waals surface area contributed by atoms with Crippen LogP contribution >= 0.6 is 24.0 Å². The Bertz CT molecular complexity index is 951. The number of carbonyl (C=O) groups excluding carboxylic acids is 2. The van der Waals surface area contributed by atoms with Crippen LogP contribution in [0.1, 0.15) is 13.8 Å². The van der Waals surface area contributed by atoms with Crippen molar-refractivity contribution < 1.29 is 14.3 Å². The summed E-state index contributed by atoms with van der Waals surface area (Å²) in [4.78, 5) is 24.5. The molecule has 0 N–H and O–H groups in total. The first-order valence-corrected chi connectivity index (χ1v) is 8.93. The Labute approximate surface area is 155 Å². The molecular weight excluding hydrogens is 354 g/mol. The van der Waals surface area contributed by atoms with Crippen molar-refractivity contribution in [3.8, 4) is 0 Å². The van der Waals surface area contributed by atoms with Crippen molar-refractivity contribution in [3.63, 3.8) is 0 Å². The molecule has 3 aromatic rings. The SMILES string of the molecule is COC(=O)C(C)(C)C(=O)SC(=S)n1c2ccccc2c2ccccc21. The quantitative estimate of drug-likeness (QED) is 0.380. The summed E-state index contributed by atoms with van der Waals surface area (Å²) in [5.41, 5.74) is 0.608. The van der Waals surface area contributed by atoms with Gasteiger partial charge in [0, 0.05) is 10.8 Å². The lowest BCUT2D eigenvalue weighted by molar-refractivity contribution is -0.153. The molecule has 0 aliphatic heterocycles. The number of hydrogen-bond acceptors (Lipinski definition) is 5. The summed E-state index contributed by atoms with van der Waals surface area (Å²) in [7, 11) is 1.27. The molecule has 0 aliphatic carbocycles. The van der Waals surface area contributed by atoms with Crippen LogP contribution in [0.2, 0.25) is 0 Å². The lowest BCUT2D eigenvalue weighted by Crippen LogP contribution is -2.33. The second-order valence-electron chi connectivity index (χ2n) is 6.14. The molecule has 4 nitrogen and oxygen atoms in total. The van der Waals surface area contributed by atoms with Gasteiger partial charge in [-0.25, -0.2) is 0 Å². The number of ether oxygens (including phenoxy) is 1. The van der Waals surface area contributed by atoms with Crippen molar-refractivity contribution in [1.29, 1.82) is 0 Å². The highest BCUT2D eigenvalue weighted by atomic mass is 32.2. The van der Waals surface area contributed by atoms with Crippen LogP contribution in [-0.4, -0.2) is 27.1 Å². The average Bonchev–Trinajstić information content (AvgIpc) is 2.95. The van der Waals surface area contributed by atoms with E-state index in [4.69, 9.17) is 17.0 Å². The molecule has 2 aromatic carbocycles. The van der Waals surface area contributed by atoms with Gasteiger partial charge in [0.05, 0.1) is 18.1 Å². The molecule has 3 rings (SSSR count). The highest BCUT2D eigenvalue weighted by molar-refractivity contribution is 8.33. The number of thiocarbonyl (C=S) groups is 1. The summed E-state index contributed by atoms with van der Waals surface area (Å²) in [6, 6.07) is 15.8. The summed E-state index contributed by atoms with van der Waals surface area (Å²) < 4.78 is 7.00. The molecule has 0 bridgehead atoms. The number of methoxy groups -OCH3 is 1. The second kappa shape index (κ2) is 6.61. The fraction of sp³-hybridized carbons (Fsp3) is 0.211. The van der Waals surface area contributed by atoms with Gasteiger partial charge >= 0.3 is 5.97 Å². The first kappa shape index (κ1) is 17.6. The van der Waals surface area contributed by atoms with Gasteiger partial charge in [0.25, 0.3) is 0 Å². The Morgan fingerprint density at radius 1 is 1.00 bits per heavy atom. The predicted octanol–water partition coefficient (Wildman–Crippen LogP) is 4.39. The van der Waals surface area contributed by atoms with Crippen LogP contribution in [0.15, 0.2) is 48.5 Å². The van der Waals surface area contributed by atoms with Gasteiger partial charge in [0.15, 0.2) is 4.32 Å². The molecule has 6 heteroatoms. The van der Waals surface area contributed by atoms with Gasteiger partial charge in [-0.1, -0.05) is 48.6 Å². The van der Waals surface area contributed by atoms with E-state index in [0.29, 0.717) is 4.32 Å². The molecule has 0 radical (unpaired) electrons. The van der Waals surface area contributed by atoms with Gasteiger partial charge in [-0.3, -0.25) is 14.2 Å². The lowest BCUT2D eigenvalue weighted by atomic mass is 9.96. The summed E-state index contributed by atoms with van der Waals surface area (Å²) in [5.74, 6) is -0.574. The van der Waals surface area contributed by atoms with Crippen LogP contribution in [-0.2, 0) is 14.3 Å². The Morgan fingerprint density at radius 3 is 1.96 bits per heavy atom. The molecular formula is C19H17NO3S2. The number of fused-ring (bicyclic) bond motifs is 3. The van der Waals surface area contributed by atoms with Gasteiger partial charge in [0.1, 0.15) is 5.41 Å². The monoisotopic (exact) mass is 371 g/mol. The van der Waals surface area contributed by atoms with Crippen molar-refractivity contribution in [2.75, 3.05) is 7.11 Å². The third-order valence-electron chi connectivity index (χ3n) is 4.15. The summed E-state index contributed by atoms with van der Waals surface area (Å²) in [5, 5.41) is 1.80. The third kappa shape index (κ3) is 2.96. The Hall–Kier alpha value is -2.18. The molecule has 0 amide bonds. The van der Waals surface area contributed by atoms with Gasteiger partial charge in [-0.2, -0.15) is 0 Å². The van der Waals surface area contributed by atoms with Crippen LogP contribution in [0.5, 0.6) is 0 Å². The topological polar surface area (TPSA) is 48.3 Å². The number of thioether (sulfide) groups is 1. The van der Waals surface area contributed by atoms with Crippen LogP contribution in [0.4, 0.5) is 0 Å². The van der Waals surface area contributed by atoms with Crippen LogP contribution < -0.4 is 0 Å². The maximum atomic E-state index is 12.6. The van der Waals surface area contributed by atoms with E-state index in [1.807, 2.05) is 53.1 Å². The van der Waals surface area contributed by atoms with E-state index in [9.17, 15) is 9.59 Å². The van der Waals surface area contributed by atoms with Crippen LogP contribution in [0.3, 0.4) is 0 Å². The summed E-state index contributed by atoms with van der Waals surface area (Å²) in [6.45, 7) is 3.09. The van der Waals surface area contributed by atoms with Gasteiger partial charge in [0.2, 0.25) is 5.12 Å². The van der Waals surface area contributed by atoms with E-state index in [0.717, 1.165) is 33.6 Å². The number of esters is 1. The minimum Gasteiger partial charge on any atom is -0.468 e. The lowest BCUT2D eigenvalue weighted by Gasteiger charge is -2.19. The van der Waals surface area contributed by atoms with E-state index < -0.39 is 11.4 Å². The standard InChI is InChI=1S/C19H17NO3S2/c1-19(2,16(21)23-3)17(22)25-18(24)20-14-10-6-4-8-12(14)13-9-5-7-11-15(13)20/h4-11H,1-3H3. The first-order valence-electron chi connectivity index (χ1n) is 7.71. The highest BCUT2D eigenvalue weighted by Crippen LogP contribution is 2.33. The molecule has 0 fully saturated rings. The van der Waals surface area contributed by atoms with Crippen LogP contribution in [0, 0.1) is 5.41 Å². The van der Waals surface area contributed by atoms with Crippen molar-refractivity contribution in [1.82, 2.24) is 4.57 Å². The highest BCUT2D eigenvalue weighted by Gasteiger charge is 2.38. The van der Waals surface area contributed by atoms with Crippen molar-refractivity contribution >= 4 is 61.2 Å². The molecule has 1 aromatic heterocycles. The summed E-state index contributed by atoms with van der Waals surface area (Å²) in [6.07, 6.45) is 0. The van der Waals surface area contributed by atoms with Crippen LogP contribution in [0.25, 0.3) is 21.8 Å². The molecule has 1 heterocycles. The number of aromatic nitrogens is 1. The minimum absolute atomic E-state index is 0.341. The van der Waals surface area contributed by atoms with Gasteiger partial charge in [-0.15, -0.1) is 0 Å². The van der Waals surface area contributed by atoms with Crippen molar-refractivity contribution in [3.05, 3.63) is 48.5 Å². The van der Waals surface area contributed by atoms with E-state index in [1.165, 1.54) is 7.11 Å². The fourth-order valence-electron chi connectivity index (χ4n) is 2.71. The molecule has 25 heavy (non-hydrogen) atoms. The number of carbonyl (C=O) groups is 2. The largest absolute Gasteiger partial charge is 0.468 e. The zero-order chi connectivity index (χ0) is 18.2. The Kier molecular flexibility index (Phi) is 4.67. The molecule has 0 spiro atoms. The van der Waals surface area contributed by atoms with Crippen molar-refractivity contribution in [2.24, 2.45) is 5.41 Å². The average molecular weight is 371 g/mol. The first-order chi connectivity index (χ1) is 11.9. The third-order valence-corrected chi connectivity index (χ3v) is 5.63. The molecule has 0 saturated carbocycles. The maximum absolute atomic E-state index is 12.6. The number of benzene rings is 2. The molecule has 0 atom stereocenters. The van der Waals surface area contributed by atoms with E-state index in [1.54, 1.807) is 13.8 Å². The Morgan fingerprint density at radius 2 is 1.48 bits per heavy atom. The number of nitrogens with zero attached hydrogens (tertiary/aromatic N) is 1. The second-order valence-corrected chi connectivity index (χ2v) is 7.75. The Balaban J connectivity index is 2.05. The minimum atomic E-state index is -1.26. The predicted molar refractivity (Wildman–Crippen MR) is 106 cm³/mol. The number of para-hydroxylation sites is 2. The normalized spacial score (nSPS) is 11.6. The molecule has 128 valence electrons. The molecule has 0 saturated heterocycles. The molecule has 0 unspecified atom stereocenters. The molecule has 0 aliphatic rings. The zero-order valence-electron chi connectivity index (χ0n) is 14.1. The van der Waals surface area contributed by atoms with E-state index in [-0.39, 0.29) is 5.12 Å². The van der Waals surface area contributed by atoms with Gasteiger partial charge in [-0.05, 0) is 37.7 Å². The number of rotatable bonds is 2.